The van der Waals surface area contributed by atoms with Crippen molar-refractivity contribution in [2.24, 2.45) is 0 Å². The zero-order chi connectivity index (χ0) is 10.7. The molecule has 0 aliphatic carbocycles. The number of aromatic nitrogens is 3. The van der Waals surface area contributed by atoms with E-state index >= 15 is 0 Å². The molecule has 0 saturated carbocycles. The lowest BCUT2D eigenvalue weighted by molar-refractivity contribution is 1.07. The van der Waals surface area contributed by atoms with E-state index in [2.05, 4.69) is 15.0 Å². The Labute approximate surface area is 93.2 Å². The van der Waals surface area contributed by atoms with Crippen molar-refractivity contribution in [1.82, 2.24) is 15.0 Å². The topological polar surface area (TPSA) is 38.7 Å². The standard InChI is InChI=1S/C11H10ClN3/c1-8-2-3-10(14-7-8)11-13-5-4-9(6-12)15-11/h2-5,7H,6H2,1H3. The minimum absolute atomic E-state index is 0.390. The van der Waals surface area contributed by atoms with Gasteiger partial charge in [-0.25, -0.2) is 9.97 Å². The van der Waals surface area contributed by atoms with Gasteiger partial charge in [-0.2, -0.15) is 0 Å². The lowest BCUT2D eigenvalue weighted by Gasteiger charge is -2.00. The first kappa shape index (κ1) is 10.1. The highest BCUT2D eigenvalue weighted by molar-refractivity contribution is 6.16. The maximum atomic E-state index is 5.70. The molecule has 2 heterocycles. The van der Waals surface area contributed by atoms with Crippen molar-refractivity contribution in [1.29, 1.82) is 0 Å². The Morgan fingerprint density at radius 3 is 2.73 bits per heavy atom. The van der Waals surface area contributed by atoms with E-state index in [1.807, 2.05) is 19.1 Å². The molecule has 0 radical (unpaired) electrons. The minimum atomic E-state index is 0.390. The average molecular weight is 220 g/mol. The van der Waals surface area contributed by atoms with Gasteiger partial charge in [0.05, 0.1) is 11.6 Å². The molecule has 0 aliphatic rings. The van der Waals surface area contributed by atoms with E-state index in [1.165, 1.54) is 0 Å². The molecule has 0 atom stereocenters. The first-order valence-electron chi connectivity index (χ1n) is 4.60. The number of nitrogens with zero attached hydrogens (tertiary/aromatic N) is 3. The normalized spacial score (nSPS) is 10.3. The molecule has 4 heteroatoms. The predicted molar refractivity (Wildman–Crippen MR) is 59.6 cm³/mol. The van der Waals surface area contributed by atoms with Crippen LogP contribution in [0.25, 0.3) is 11.5 Å². The molecule has 0 saturated heterocycles. The van der Waals surface area contributed by atoms with Crippen LogP contribution < -0.4 is 0 Å². The zero-order valence-corrected chi connectivity index (χ0v) is 9.07. The fourth-order valence-corrected chi connectivity index (χ4v) is 1.34. The van der Waals surface area contributed by atoms with Gasteiger partial charge in [-0.15, -0.1) is 11.6 Å². The molecule has 76 valence electrons. The molecule has 0 bridgehead atoms. The number of alkyl halides is 1. The summed E-state index contributed by atoms with van der Waals surface area (Å²) in [5.41, 5.74) is 2.70. The maximum absolute atomic E-state index is 5.70. The Balaban J connectivity index is 2.40. The molecule has 2 aromatic rings. The highest BCUT2D eigenvalue weighted by Crippen LogP contribution is 2.12. The van der Waals surface area contributed by atoms with Crippen molar-refractivity contribution in [3.05, 3.63) is 41.9 Å². The molecule has 0 N–H and O–H groups in total. The van der Waals surface area contributed by atoms with Gasteiger partial charge in [0.2, 0.25) is 0 Å². The van der Waals surface area contributed by atoms with Crippen LogP contribution >= 0.6 is 11.6 Å². The number of aryl methyl sites for hydroxylation is 1. The number of rotatable bonds is 2. The van der Waals surface area contributed by atoms with Crippen LogP contribution in [-0.4, -0.2) is 15.0 Å². The van der Waals surface area contributed by atoms with Crippen LogP contribution in [0.4, 0.5) is 0 Å². The van der Waals surface area contributed by atoms with Crippen LogP contribution in [0.15, 0.2) is 30.6 Å². The van der Waals surface area contributed by atoms with Crippen LogP contribution in [0.2, 0.25) is 0 Å². The molecule has 0 aromatic carbocycles. The zero-order valence-electron chi connectivity index (χ0n) is 8.31. The monoisotopic (exact) mass is 219 g/mol. The second-order valence-electron chi connectivity index (χ2n) is 3.23. The van der Waals surface area contributed by atoms with E-state index in [1.54, 1.807) is 18.5 Å². The molecule has 2 rings (SSSR count). The van der Waals surface area contributed by atoms with Crippen LogP contribution in [0, 0.1) is 6.92 Å². The molecule has 0 spiro atoms. The van der Waals surface area contributed by atoms with E-state index in [-0.39, 0.29) is 0 Å². The summed E-state index contributed by atoms with van der Waals surface area (Å²) in [7, 11) is 0. The summed E-state index contributed by atoms with van der Waals surface area (Å²) in [5.74, 6) is 1.01. The predicted octanol–water partition coefficient (Wildman–Crippen LogP) is 2.59. The maximum Gasteiger partial charge on any atom is 0.178 e. The number of hydrogen-bond donors (Lipinski definition) is 0. The van der Waals surface area contributed by atoms with E-state index in [9.17, 15) is 0 Å². The summed E-state index contributed by atoms with van der Waals surface area (Å²) < 4.78 is 0. The van der Waals surface area contributed by atoms with Crippen LogP contribution in [0.5, 0.6) is 0 Å². The fourth-order valence-electron chi connectivity index (χ4n) is 1.19. The van der Waals surface area contributed by atoms with E-state index in [4.69, 9.17) is 11.6 Å². The molecule has 0 amide bonds. The first-order valence-corrected chi connectivity index (χ1v) is 5.14. The van der Waals surface area contributed by atoms with Gasteiger partial charge in [-0.05, 0) is 24.6 Å². The SMILES string of the molecule is Cc1ccc(-c2nccc(CCl)n2)nc1. The van der Waals surface area contributed by atoms with Gasteiger partial charge in [0.1, 0.15) is 5.69 Å². The van der Waals surface area contributed by atoms with Gasteiger partial charge < -0.3 is 0 Å². The van der Waals surface area contributed by atoms with Gasteiger partial charge in [0.25, 0.3) is 0 Å². The fraction of sp³-hybridized carbons (Fsp3) is 0.182. The van der Waals surface area contributed by atoms with E-state index in [0.717, 1.165) is 17.0 Å². The Morgan fingerprint density at radius 1 is 1.20 bits per heavy atom. The van der Waals surface area contributed by atoms with Crippen LogP contribution in [-0.2, 0) is 5.88 Å². The molecule has 0 aliphatic heterocycles. The third-order valence-corrected chi connectivity index (χ3v) is 2.26. The average Bonchev–Trinajstić information content (AvgIpc) is 2.30. The largest absolute Gasteiger partial charge is 0.253 e. The molecular formula is C11H10ClN3. The van der Waals surface area contributed by atoms with Crippen molar-refractivity contribution in [2.75, 3.05) is 0 Å². The highest BCUT2D eigenvalue weighted by atomic mass is 35.5. The number of pyridine rings is 1. The third-order valence-electron chi connectivity index (χ3n) is 1.99. The summed E-state index contributed by atoms with van der Waals surface area (Å²) in [6, 6.07) is 5.69. The number of hydrogen-bond acceptors (Lipinski definition) is 3. The van der Waals surface area contributed by atoms with Crippen molar-refractivity contribution >= 4 is 11.6 Å². The minimum Gasteiger partial charge on any atom is -0.253 e. The van der Waals surface area contributed by atoms with Crippen LogP contribution in [0.3, 0.4) is 0 Å². The molecule has 15 heavy (non-hydrogen) atoms. The Hall–Kier alpha value is -1.48. The molecule has 2 aromatic heterocycles. The Morgan fingerprint density at radius 2 is 2.07 bits per heavy atom. The van der Waals surface area contributed by atoms with E-state index in [0.29, 0.717) is 11.7 Å². The lowest BCUT2D eigenvalue weighted by Crippen LogP contribution is -1.94. The first-order chi connectivity index (χ1) is 7.29. The smallest absolute Gasteiger partial charge is 0.178 e. The molecule has 0 fully saturated rings. The summed E-state index contributed by atoms with van der Waals surface area (Å²) in [6.07, 6.45) is 3.49. The summed E-state index contributed by atoms with van der Waals surface area (Å²) in [4.78, 5) is 12.7. The second kappa shape index (κ2) is 4.36. The van der Waals surface area contributed by atoms with Gasteiger partial charge in [-0.3, -0.25) is 4.98 Å². The van der Waals surface area contributed by atoms with Crippen molar-refractivity contribution in [2.45, 2.75) is 12.8 Å². The van der Waals surface area contributed by atoms with Gasteiger partial charge in [0, 0.05) is 12.4 Å². The van der Waals surface area contributed by atoms with Gasteiger partial charge in [0.15, 0.2) is 5.82 Å². The van der Waals surface area contributed by atoms with Crippen LogP contribution in [0.1, 0.15) is 11.3 Å². The summed E-state index contributed by atoms with van der Waals surface area (Å²) in [6.45, 7) is 1.99. The van der Waals surface area contributed by atoms with Crippen molar-refractivity contribution in [3.63, 3.8) is 0 Å². The van der Waals surface area contributed by atoms with Crippen molar-refractivity contribution < 1.29 is 0 Å². The summed E-state index contributed by atoms with van der Waals surface area (Å²) in [5, 5.41) is 0. The molecular weight excluding hydrogens is 210 g/mol. The summed E-state index contributed by atoms with van der Waals surface area (Å²) >= 11 is 5.70. The Kier molecular flexibility index (Phi) is 2.92. The number of halogens is 1. The quantitative estimate of drug-likeness (QED) is 0.729. The highest BCUT2D eigenvalue weighted by Gasteiger charge is 2.02. The second-order valence-corrected chi connectivity index (χ2v) is 3.49. The Bertz CT molecular complexity index is 454. The van der Waals surface area contributed by atoms with Crippen molar-refractivity contribution in [3.8, 4) is 11.5 Å². The lowest BCUT2D eigenvalue weighted by atomic mass is 10.2. The van der Waals surface area contributed by atoms with E-state index < -0.39 is 0 Å². The molecule has 0 unspecified atom stereocenters. The third kappa shape index (κ3) is 2.30. The van der Waals surface area contributed by atoms with Gasteiger partial charge in [-0.1, -0.05) is 6.07 Å². The molecule has 3 nitrogen and oxygen atoms in total. The van der Waals surface area contributed by atoms with Gasteiger partial charge >= 0.3 is 0 Å².